The normalized spacial score (nSPS) is 18.0. The fourth-order valence-corrected chi connectivity index (χ4v) is 5.45. The van der Waals surface area contributed by atoms with E-state index in [4.69, 9.17) is 0 Å². The molecule has 2 aromatic rings. The maximum absolute atomic E-state index is 12.7. The minimum atomic E-state index is -3.43. The van der Waals surface area contributed by atoms with E-state index in [0.717, 1.165) is 12.8 Å². The third-order valence-electron chi connectivity index (χ3n) is 5.90. The van der Waals surface area contributed by atoms with Crippen molar-refractivity contribution in [1.82, 2.24) is 4.31 Å². The van der Waals surface area contributed by atoms with Crippen LogP contribution in [0.4, 0.5) is 5.69 Å². The number of aryl methyl sites for hydroxylation is 1. The van der Waals surface area contributed by atoms with Gasteiger partial charge in [0.15, 0.2) is 0 Å². The largest absolute Gasteiger partial charge is 0.322 e. The van der Waals surface area contributed by atoms with E-state index >= 15 is 0 Å². The maximum Gasteiger partial charge on any atom is 0.255 e. The Morgan fingerprint density at radius 1 is 1.00 bits per heavy atom. The van der Waals surface area contributed by atoms with Crippen LogP contribution in [0.5, 0.6) is 0 Å². The van der Waals surface area contributed by atoms with E-state index in [1.165, 1.54) is 34.7 Å². The Hall–Kier alpha value is -2.18. The fraction of sp³-hybridized carbons (Fsp3) is 0.409. The second kappa shape index (κ2) is 7.68. The van der Waals surface area contributed by atoms with Gasteiger partial charge in [0.2, 0.25) is 10.0 Å². The number of hydrogen-bond donors (Lipinski definition) is 1. The second-order valence-corrected chi connectivity index (χ2v) is 9.73. The van der Waals surface area contributed by atoms with Gasteiger partial charge >= 0.3 is 0 Å². The van der Waals surface area contributed by atoms with E-state index in [1.54, 1.807) is 24.3 Å². The van der Waals surface area contributed by atoms with Crippen molar-refractivity contribution in [3.05, 3.63) is 59.2 Å². The van der Waals surface area contributed by atoms with Crippen LogP contribution in [0.1, 0.15) is 59.5 Å². The van der Waals surface area contributed by atoms with Gasteiger partial charge in [-0.25, -0.2) is 8.42 Å². The van der Waals surface area contributed by atoms with Gasteiger partial charge in [0, 0.05) is 24.3 Å². The number of nitrogens with one attached hydrogen (secondary N) is 1. The first-order chi connectivity index (χ1) is 13.4. The van der Waals surface area contributed by atoms with Crippen molar-refractivity contribution in [3.8, 4) is 0 Å². The average molecular weight is 399 g/mol. The van der Waals surface area contributed by atoms with Crippen molar-refractivity contribution in [2.24, 2.45) is 0 Å². The SMILES string of the molecule is Cc1ccc(C(=O)Nc2ccc(S(=O)(=O)N3CCCC3)cc2)cc1C1CCC1. The molecule has 0 spiro atoms. The van der Waals surface area contributed by atoms with Gasteiger partial charge in [0.25, 0.3) is 5.91 Å². The lowest BCUT2D eigenvalue weighted by Crippen LogP contribution is -2.27. The molecule has 28 heavy (non-hydrogen) atoms. The first kappa shape index (κ1) is 19.2. The summed E-state index contributed by atoms with van der Waals surface area (Å²) < 4.78 is 26.7. The van der Waals surface area contributed by atoms with Gasteiger partial charge in [-0.2, -0.15) is 4.31 Å². The average Bonchev–Trinajstić information content (AvgIpc) is 3.18. The number of sulfonamides is 1. The van der Waals surface area contributed by atoms with Gasteiger partial charge in [-0.05, 0) is 86.1 Å². The van der Waals surface area contributed by atoms with Crippen molar-refractivity contribution in [3.63, 3.8) is 0 Å². The molecule has 2 aliphatic rings. The third kappa shape index (κ3) is 3.71. The number of carbonyl (C=O) groups is 1. The number of hydrogen-bond acceptors (Lipinski definition) is 3. The first-order valence-electron chi connectivity index (χ1n) is 9.97. The molecule has 4 rings (SSSR count). The molecule has 0 bridgehead atoms. The Labute approximate surface area is 166 Å². The Morgan fingerprint density at radius 2 is 1.68 bits per heavy atom. The van der Waals surface area contributed by atoms with Crippen molar-refractivity contribution in [1.29, 1.82) is 0 Å². The lowest BCUT2D eigenvalue weighted by Gasteiger charge is -2.27. The molecule has 148 valence electrons. The van der Waals surface area contributed by atoms with Crippen LogP contribution in [0.3, 0.4) is 0 Å². The highest BCUT2D eigenvalue weighted by atomic mass is 32.2. The van der Waals surface area contributed by atoms with Crippen LogP contribution >= 0.6 is 0 Å². The van der Waals surface area contributed by atoms with Crippen molar-refractivity contribution < 1.29 is 13.2 Å². The van der Waals surface area contributed by atoms with Crippen LogP contribution < -0.4 is 5.32 Å². The Morgan fingerprint density at radius 3 is 2.29 bits per heavy atom. The minimum Gasteiger partial charge on any atom is -0.322 e. The zero-order valence-corrected chi connectivity index (χ0v) is 17.0. The number of rotatable bonds is 5. The standard InChI is InChI=1S/C22H26N2O3S/c1-16-7-8-18(15-21(16)17-5-4-6-17)22(25)23-19-9-11-20(12-10-19)28(26,27)24-13-2-3-14-24/h7-12,15,17H,2-6,13-14H2,1H3,(H,23,25). The summed E-state index contributed by atoms with van der Waals surface area (Å²) in [4.78, 5) is 12.9. The summed E-state index contributed by atoms with van der Waals surface area (Å²) >= 11 is 0. The molecule has 0 unspecified atom stereocenters. The number of anilines is 1. The van der Waals surface area contributed by atoms with E-state index in [-0.39, 0.29) is 10.8 Å². The summed E-state index contributed by atoms with van der Waals surface area (Å²) in [6, 6.07) is 12.3. The van der Waals surface area contributed by atoms with Crippen molar-refractivity contribution in [2.45, 2.75) is 49.8 Å². The van der Waals surface area contributed by atoms with Gasteiger partial charge in [-0.15, -0.1) is 0 Å². The summed E-state index contributed by atoms with van der Waals surface area (Å²) in [5.74, 6) is 0.401. The highest BCUT2D eigenvalue weighted by Gasteiger charge is 2.27. The molecular formula is C22H26N2O3S. The van der Waals surface area contributed by atoms with Crippen LogP contribution in [0.25, 0.3) is 0 Å². The Kier molecular flexibility index (Phi) is 5.25. The van der Waals surface area contributed by atoms with E-state index in [1.807, 2.05) is 18.2 Å². The molecule has 2 fully saturated rings. The molecule has 1 saturated carbocycles. The van der Waals surface area contributed by atoms with Gasteiger partial charge in [0.05, 0.1) is 4.90 Å². The van der Waals surface area contributed by atoms with Crippen LogP contribution in [0.2, 0.25) is 0 Å². The molecule has 1 saturated heterocycles. The summed E-state index contributed by atoms with van der Waals surface area (Å²) in [5.41, 5.74) is 3.74. The quantitative estimate of drug-likeness (QED) is 0.817. The molecule has 1 amide bonds. The summed E-state index contributed by atoms with van der Waals surface area (Å²) in [5, 5.41) is 2.88. The minimum absolute atomic E-state index is 0.171. The predicted octanol–water partition coefficient (Wildman–Crippen LogP) is 4.30. The van der Waals surface area contributed by atoms with E-state index < -0.39 is 10.0 Å². The zero-order valence-electron chi connectivity index (χ0n) is 16.1. The second-order valence-electron chi connectivity index (χ2n) is 7.79. The van der Waals surface area contributed by atoms with Crippen LogP contribution in [-0.2, 0) is 10.0 Å². The highest BCUT2D eigenvalue weighted by Crippen LogP contribution is 2.38. The van der Waals surface area contributed by atoms with Crippen LogP contribution in [0, 0.1) is 6.92 Å². The predicted molar refractivity (Wildman–Crippen MR) is 110 cm³/mol. The van der Waals surface area contributed by atoms with E-state index in [2.05, 4.69) is 12.2 Å². The molecular weight excluding hydrogens is 372 g/mol. The zero-order chi connectivity index (χ0) is 19.7. The molecule has 1 N–H and O–H groups in total. The Balaban J connectivity index is 1.48. The molecule has 0 radical (unpaired) electrons. The third-order valence-corrected chi connectivity index (χ3v) is 7.81. The molecule has 2 aromatic carbocycles. The molecule has 1 heterocycles. The van der Waals surface area contributed by atoms with Crippen LogP contribution in [0.15, 0.2) is 47.4 Å². The molecule has 1 aliphatic carbocycles. The van der Waals surface area contributed by atoms with Gasteiger partial charge in [-0.3, -0.25) is 4.79 Å². The lowest BCUT2D eigenvalue weighted by atomic mass is 9.78. The number of benzene rings is 2. The fourth-order valence-electron chi connectivity index (χ4n) is 3.93. The topological polar surface area (TPSA) is 66.5 Å². The monoisotopic (exact) mass is 398 g/mol. The van der Waals surface area contributed by atoms with Crippen LogP contribution in [-0.4, -0.2) is 31.7 Å². The number of nitrogens with zero attached hydrogens (tertiary/aromatic N) is 1. The summed E-state index contributed by atoms with van der Waals surface area (Å²) in [6.45, 7) is 3.25. The Bertz CT molecular complexity index is 973. The number of carbonyl (C=O) groups excluding carboxylic acids is 1. The van der Waals surface area contributed by atoms with Gasteiger partial charge < -0.3 is 5.32 Å². The first-order valence-corrected chi connectivity index (χ1v) is 11.4. The highest BCUT2D eigenvalue weighted by molar-refractivity contribution is 7.89. The number of amides is 1. The van der Waals surface area contributed by atoms with Crippen molar-refractivity contribution >= 4 is 21.6 Å². The summed E-state index contributed by atoms with van der Waals surface area (Å²) in [7, 11) is -3.43. The molecule has 5 nitrogen and oxygen atoms in total. The summed E-state index contributed by atoms with van der Waals surface area (Å²) in [6.07, 6.45) is 5.46. The van der Waals surface area contributed by atoms with Crippen molar-refractivity contribution in [2.75, 3.05) is 18.4 Å². The molecule has 0 atom stereocenters. The molecule has 6 heteroatoms. The van der Waals surface area contributed by atoms with E-state index in [0.29, 0.717) is 30.3 Å². The maximum atomic E-state index is 12.7. The molecule has 1 aliphatic heterocycles. The van der Waals surface area contributed by atoms with Gasteiger partial charge in [-0.1, -0.05) is 12.5 Å². The molecule has 0 aromatic heterocycles. The van der Waals surface area contributed by atoms with Gasteiger partial charge in [0.1, 0.15) is 0 Å². The lowest BCUT2D eigenvalue weighted by molar-refractivity contribution is 0.102. The van der Waals surface area contributed by atoms with E-state index in [9.17, 15) is 13.2 Å². The smallest absolute Gasteiger partial charge is 0.255 e.